The quantitative estimate of drug-likeness (QED) is 0.756. The Morgan fingerprint density at radius 3 is 2.35 bits per heavy atom. The van der Waals surface area contributed by atoms with Crippen molar-refractivity contribution >= 4 is 5.91 Å². The van der Waals surface area contributed by atoms with Gasteiger partial charge in [-0.2, -0.15) is 0 Å². The number of likely N-dealkylation sites (tertiary alicyclic amines) is 1. The maximum atomic E-state index is 11.8. The monoisotopic (exact) mass is 241 g/mol. The smallest absolute Gasteiger partial charge is 0.222 e. The van der Waals surface area contributed by atoms with Crippen LogP contribution in [0.25, 0.3) is 0 Å². The molecule has 1 rings (SSSR count). The molecule has 0 saturated carbocycles. The first-order valence-electron chi connectivity index (χ1n) is 6.94. The topological polar surface area (TPSA) is 49.6 Å². The van der Waals surface area contributed by atoms with Crippen LogP contribution in [0, 0.1) is 0 Å². The average Bonchev–Trinajstić information content (AvgIpc) is 2.38. The minimum atomic E-state index is 0.286. The standard InChI is InChI=1S/C13H27N3O/c1-3-15(4-2)12-7-10-16(11-8-12)13(17)6-5-9-14/h12H,3-11,14H2,1-2H3. The minimum Gasteiger partial charge on any atom is -0.343 e. The van der Waals surface area contributed by atoms with Crippen molar-refractivity contribution < 1.29 is 4.79 Å². The third kappa shape index (κ3) is 4.28. The molecule has 0 unspecified atom stereocenters. The molecule has 17 heavy (non-hydrogen) atoms. The van der Waals surface area contributed by atoms with Gasteiger partial charge in [0, 0.05) is 25.6 Å². The zero-order valence-corrected chi connectivity index (χ0v) is 11.3. The summed E-state index contributed by atoms with van der Waals surface area (Å²) in [5.74, 6) is 0.286. The molecule has 2 N–H and O–H groups in total. The molecule has 1 aliphatic heterocycles. The van der Waals surface area contributed by atoms with Crippen LogP contribution in [0.3, 0.4) is 0 Å². The Morgan fingerprint density at radius 1 is 1.29 bits per heavy atom. The average molecular weight is 241 g/mol. The molecule has 4 heteroatoms. The Balaban J connectivity index is 2.32. The second-order valence-corrected chi connectivity index (χ2v) is 4.73. The van der Waals surface area contributed by atoms with E-state index in [0.29, 0.717) is 19.0 Å². The lowest BCUT2D eigenvalue weighted by molar-refractivity contribution is -0.132. The van der Waals surface area contributed by atoms with Crippen LogP contribution in [0.15, 0.2) is 0 Å². The van der Waals surface area contributed by atoms with Gasteiger partial charge in [-0.05, 0) is 38.9 Å². The van der Waals surface area contributed by atoms with Crippen molar-refractivity contribution in [2.45, 2.75) is 45.6 Å². The minimum absolute atomic E-state index is 0.286. The number of nitrogens with two attached hydrogens (primary N) is 1. The van der Waals surface area contributed by atoms with Gasteiger partial charge in [-0.3, -0.25) is 4.79 Å². The molecule has 4 nitrogen and oxygen atoms in total. The van der Waals surface area contributed by atoms with Crippen LogP contribution >= 0.6 is 0 Å². The van der Waals surface area contributed by atoms with Gasteiger partial charge in [-0.1, -0.05) is 13.8 Å². The molecule has 0 atom stereocenters. The second kappa shape index (κ2) is 7.67. The van der Waals surface area contributed by atoms with Gasteiger partial charge >= 0.3 is 0 Å². The first kappa shape index (κ1) is 14.5. The van der Waals surface area contributed by atoms with Gasteiger partial charge in [-0.15, -0.1) is 0 Å². The number of carbonyl (C=O) groups is 1. The van der Waals surface area contributed by atoms with Gasteiger partial charge in [-0.25, -0.2) is 0 Å². The van der Waals surface area contributed by atoms with Gasteiger partial charge in [0.05, 0.1) is 0 Å². The summed E-state index contributed by atoms with van der Waals surface area (Å²) in [6.07, 6.45) is 3.67. The fourth-order valence-electron chi connectivity index (χ4n) is 2.63. The number of rotatable bonds is 6. The van der Waals surface area contributed by atoms with Gasteiger partial charge in [0.25, 0.3) is 0 Å². The van der Waals surface area contributed by atoms with Crippen LogP contribution in [0.1, 0.15) is 39.5 Å². The SMILES string of the molecule is CCN(CC)C1CCN(C(=O)CCCN)CC1. The lowest BCUT2D eigenvalue weighted by atomic mass is 10.0. The Kier molecular flexibility index (Phi) is 6.52. The first-order chi connectivity index (χ1) is 8.22. The highest BCUT2D eigenvalue weighted by Crippen LogP contribution is 2.17. The summed E-state index contributed by atoms with van der Waals surface area (Å²) in [5, 5.41) is 0. The van der Waals surface area contributed by atoms with Gasteiger partial charge in [0.2, 0.25) is 5.91 Å². The number of carbonyl (C=O) groups excluding carboxylic acids is 1. The molecule has 0 radical (unpaired) electrons. The highest BCUT2D eigenvalue weighted by molar-refractivity contribution is 5.76. The van der Waals surface area contributed by atoms with Crippen molar-refractivity contribution in [1.82, 2.24) is 9.80 Å². The number of hydrogen-bond acceptors (Lipinski definition) is 3. The fraction of sp³-hybridized carbons (Fsp3) is 0.923. The van der Waals surface area contributed by atoms with E-state index in [0.717, 1.165) is 45.4 Å². The van der Waals surface area contributed by atoms with E-state index in [9.17, 15) is 4.79 Å². The van der Waals surface area contributed by atoms with E-state index in [1.165, 1.54) is 0 Å². The molecule has 100 valence electrons. The molecule has 0 aromatic heterocycles. The van der Waals surface area contributed by atoms with Crippen LogP contribution in [-0.4, -0.2) is 54.5 Å². The highest BCUT2D eigenvalue weighted by atomic mass is 16.2. The molecule has 1 amide bonds. The van der Waals surface area contributed by atoms with E-state index in [2.05, 4.69) is 18.7 Å². The summed E-state index contributed by atoms with van der Waals surface area (Å²) in [5.41, 5.74) is 5.43. The molecule has 0 spiro atoms. The van der Waals surface area contributed by atoms with Crippen molar-refractivity contribution in [1.29, 1.82) is 0 Å². The van der Waals surface area contributed by atoms with Crippen molar-refractivity contribution in [2.24, 2.45) is 5.73 Å². The maximum Gasteiger partial charge on any atom is 0.222 e. The van der Waals surface area contributed by atoms with Gasteiger partial charge < -0.3 is 15.5 Å². The van der Waals surface area contributed by atoms with E-state index in [4.69, 9.17) is 5.73 Å². The molecule has 0 aliphatic carbocycles. The predicted octanol–water partition coefficient (Wildman–Crippen LogP) is 1.06. The summed E-state index contributed by atoms with van der Waals surface area (Å²) < 4.78 is 0. The Hall–Kier alpha value is -0.610. The van der Waals surface area contributed by atoms with Crippen LogP contribution in [0.5, 0.6) is 0 Å². The van der Waals surface area contributed by atoms with Crippen LogP contribution < -0.4 is 5.73 Å². The van der Waals surface area contributed by atoms with Crippen molar-refractivity contribution in [3.05, 3.63) is 0 Å². The third-order valence-corrected chi connectivity index (χ3v) is 3.74. The lowest BCUT2D eigenvalue weighted by Crippen LogP contribution is -2.46. The zero-order valence-electron chi connectivity index (χ0n) is 11.3. The molecular weight excluding hydrogens is 214 g/mol. The summed E-state index contributed by atoms with van der Waals surface area (Å²) in [7, 11) is 0. The van der Waals surface area contributed by atoms with Crippen LogP contribution in [0.4, 0.5) is 0 Å². The second-order valence-electron chi connectivity index (χ2n) is 4.73. The van der Waals surface area contributed by atoms with E-state index >= 15 is 0 Å². The van der Waals surface area contributed by atoms with Crippen molar-refractivity contribution in [3.63, 3.8) is 0 Å². The molecule has 1 saturated heterocycles. The van der Waals surface area contributed by atoms with Crippen molar-refractivity contribution in [3.8, 4) is 0 Å². The third-order valence-electron chi connectivity index (χ3n) is 3.74. The molecule has 1 fully saturated rings. The largest absolute Gasteiger partial charge is 0.343 e. The highest BCUT2D eigenvalue weighted by Gasteiger charge is 2.24. The normalized spacial score (nSPS) is 17.8. The summed E-state index contributed by atoms with van der Waals surface area (Å²) in [4.78, 5) is 16.3. The maximum absolute atomic E-state index is 11.8. The van der Waals surface area contributed by atoms with Gasteiger partial charge in [0.1, 0.15) is 0 Å². The Morgan fingerprint density at radius 2 is 1.88 bits per heavy atom. The van der Waals surface area contributed by atoms with Crippen LogP contribution in [-0.2, 0) is 4.79 Å². The Bertz CT molecular complexity index is 221. The van der Waals surface area contributed by atoms with E-state index in [1.54, 1.807) is 0 Å². The predicted molar refractivity (Wildman–Crippen MR) is 70.8 cm³/mol. The zero-order chi connectivity index (χ0) is 12.7. The molecular formula is C13H27N3O. The molecule has 1 aliphatic rings. The van der Waals surface area contributed by atoms with Crippen molar-refractivity contribution in [2.75, 3.05) is 32.7 Å². The van der Waals surface area contributed by atoms with E-state index in [1.807, 2.05) is 4.90 Å². The van der Waals surface area contributed by atoms with Gasteiger partial charge in [0.15, 0.2) is 0 Å². The van der Waals surface area contributed by atoms with Crippen LogP contribution in [0.2, 0.25) is 0 Å². The van der Waals surface area contributed by atoms with E-state index in [-0.39, 0.29) is 5.91 Å². The lowest BCUT2D eigenvalue weighted by Gasteiger charge is -2.37. The molecule has 1 heterocycles. The summed E-state index contributed by atoms with van der Waals surface area (Å²) in [6.45, 7) is 9.10. The summed E-state index contributed by atoms with van der Waals surface area (Å²) >= 11 is 0. The Labute approximate surface area is 105 Å². The number of nitrogens with zero attached hydrogens (tertiary/aromatic N) is 2. The molecule has 0 aromatic carbocycles. The number of amides is 1. The number of hydrogen-bond donors (Lipinski definition) is 1. The summed E-state index contributed by atoms with van der Waals surface area (Å²) in [6, 6.07) is 0.670. The molecule has 0 bridgehead atoms. The number of piperidine rings is 1. The van der Waals surface area contributed by atoms with E-state index < -0.39 is 0 Å². The molecule has 0 aromatic rings. The first-order valence-corrected chi connectivity index (χ1v) is 6.94. The fourth-order valence-corrected chi connectivity index (χ4v) is 2.63.